The summed E-state index contributed by atoms with van der Waals surface area (Å²) in [5.74, 6) is 0. The van der Waals surface area contributed by atoms with Crippen molar-refractivity contribution in [3.05, 3.63) is 46.3 Å². The molecule has 0 amide bonds. The molecule has 1 fully saturated rings. The summed E-state index contributed by atoms with van der Waals surface area (Å²) in [5.41, 5.74) is 5.50. The standard InChI is InChI=1S/C16H19NS/c1-11-3-4-14(7-12(11)2)16-8-13(10-18-16)9-17-15-5-6-15/h3-4,7-8,10,15,17H,5-6,9H2,1-2H3. The molecule has 0 spiro atoms. The van der Waals surface area contributed by atoms with E-state index in [-0.39, 0.29) is 0 Å². The maximum absolute atomic E-state index is 3.56. The molecule has 1 saturated carbocycles. The van der Waals surface area contributed by atoms with Crippen LogP contribution < -0.4 is 5.32 Å². The topological polar surface area (TPSA) is 12.0 Å². The average Bonchev–Trinajstić information content (AvgIpc) is 3.08. The van der Waals surface area contributed by atoms with Crippen molar-refractivity contribution >= 4 is 11.3 Å². The summed E-state index contributed by atoms with van der Waals surface area (Å²) in [6, 6.07) is 9.84. The third-order valence-electron chi connectivity index (χ3n) is 3.62. The number of nitrogens with one attached hydrogen (secondary N) is 1. The molecular weight excluding hydrogens is 238 g/mol. The summed E-state index contributed by atoms with van der Waals surface area (Å²) in [5, 5.41) is 5.84. The minimum Gasteiger partial charge on any atom is -0.310 e. The zero-order chi connectivity index (χ0) is 12.5. The molecule has 18 heavy (non-hydrogen) atoms. The van der Waals surface area contributed by atoms with Gasteiger partial charge >= 0.3 is 0 Å². The van der Waals surface area contributed by atoms with Crippen LogP contribution in [0.5, 0.6) is 0 Å². The molecule has 1 N–H and O–H groups in total. The van der Waals surface area contributed by atoms with Crippen LogP contribution in [0.3, 0.4) is 0 Å². The second kappa shape index (κ2) is 4.87. The van der Waals surface area contributed by atoms with Crippen molar-refractivity contribution < 1.29 is 0 Å². The quantitative estimate of drug-likeness (QED) is 0.862. The number of rotatable bonds is 4. The molecule has 0 radical (unpaired) electrons. The van der Waals surface area contributed by atoms with E-state index in [0.29, 0.717) is 0 Å². The molecule has 0 atom stereocenters. The van der Waals surface area contributed by atoms with Crippen LogP contribution in [0.2, 0.25) is 0 Å². The first-order chi connectivity index (χ1) is 8.72. The molecule has 1 aliphatic rings. The monoisotopic (exact) mass is 257 g/mol. The fourth-order valence-electron chi connectivity index (χ4n) is 2.06. The van der Waals surface area contributed by atoms with Crippen LogP contribution in [-0.2, 0) is 6.54 Å². The zero-order valence-corrected chi connectivity index (χ0v) is 11.8. The summed E-state index contributed by atoms with van der Waals surface area (Å²) < 4.78 is 0. The highest BCUT2D eigenvalue weighted by molar-refractivity contribution is 7.13. The van der Waals surface area contributed by atoms with Crippen LogP contribution in [0.4, 0.5) is 0 Å². The molecule has 1 nitrogen and oxygen atoms in total. The first kappa shape index (κ1) is 11.9. The molecule has 1 heterocycles. The summed E-state index contributed by atoms with van der Waals surface area (Å²) >= 11 is 1.85. The van der Waals surface area contributed by atoms with Crippen molar-refractivity contribution in [2.75, 3.05) is 0 Å². The molecular formula is C16H19NS. The van der Waals surface area contributed by atoms with Gasteiger partial charge in [-0.2, -0.15) is 0 Å². The summed E-state index contributed by atoms with van der Waals surface area (Å²) in [6.07, 6.45) is 2.71. The SMILES string of the molecule is Cc1ccc(-c2cc(CNC3CC3)cs2)cc1C. The second-order valence-corrected chi connectivity index (χ2v) is 6.18. The van der Waals surface area contributed by atoms with E-state index in [4.69, 9.17) is 0 Å². The van der Waals surface area contributed by atoms with E-state index in [1.54, 1.807) is 0 Å². The Bertz CT molecular complexity index is 552. The minimum absolute atomic E-state index is 0.787. The van der Waals surface area contributed by atoms with Crippen LogP contribution in [-0.4, -0.2) is 6.04 Å². The lowest BCUT2D eigenvalue weighted by Gasteiger charge is -2.03. The van der Waals surface area contributed by atoms with Crippen molar-refractivity contribution in [2.24, 2.45) is 0 Å². The molecule has 0 bridgehead atoms. The maximum Gasteiger partial charge on any atom is 0.0346 e. The Kier molecular flexibility index (Phi) is 3.23. The molecule has 94 valence electrons. The first-order valence-electron chi connectivity index (χ1n) is 6.61. The normalized spacial score (nSPS) is 15.0. The van der Waals surface area contributed by atoms with Crippen molar-refractivity contribution in [1.82, 2.24) is 5.32 Å². The van der Waals surface area contributed by atoms with Crippen molar-refractivity contribution in [2.45, 2.75) is 39.3 Å². The van der Waals surface area contributed by atoms with Gasteiger partial charge in [0.1, 0.15) is 0 Å². The van der Waals surface area contributed by atoms with Crippen molar-refractivity contribution in [3.8, 4) is 10.4 Å². The zero-order valence-electron chi connectivity index (χ0n) is 11.0. The largest absolute Gasteiger partial charge is 0.310 e. The number of hydrogen-bond donors (Lipinski definition) is 1. The number of thiophene rings is 1. The Morgan fingerprint density at radius 1 is 1.17 bits per heavy atom. The number of aryl methyl sites for hydroxylation is 2. The molecule has 1 aliphatic carbocycles. The van der Waals surface area contributed by atoms with Crippen LogP contribution in [0.1, 0.15) is 29.5 Å². The highest BCUT2D eigenvalue weighted by Gasteiger charge is 2.20. The highest BCUT2D eigenvalue weighted by atomic mass is 32.1. The molecule has 2 aromatic rings. The Morgan fingerprint density at radius 2 is 2.00 bits per heavy atom. The summed E-state index contributed by atoms with van der Waals surface area (Å²) in [6.45, 7) is 5.37. The van der Waals surface area contributed by atoms with E-state index in [1.165, 1.54) is 40.0 Å². The number of benzene rings is 1. The van der Waals surface area contributed by atoms with Gasteiger partial charge in [0.25, 0.3) is 0 Å². The molecule has 3 rings (SSSR count). The fourth-order valence-corrected chi connectivity index (χ4v) is 2.98. The van der Waals surface area contributed by atoms with Crippen molar-refractivity contribution in [1.29, 1.82) is 0 Å². The molecule has 0 aliphatic heterocycles. The fraction of sp³-hybridized carbons (Fsp3) is 0.375. The van der Waals surface area contributed by atoms with Gasteiger partial charge in [-0.1, -0.05) is 18.2 Å². The van der Waals surface area contributed by atoms with Crippen molar-refractivity contribution in [3.63, 3.8) is 0 Å². The summed E-state index contributed by atoms with van der Waals surface area (Å²) in [4.78, 5) is 1.38. The van der Waals surface area contributed by atoms with Gasteiger partial charge in [0, 0.05) is 17.5 Å². The van der Waals surface area contributed by atoms with Gasteiger partial charge in [-0.05, 0) is 60.4 Å². The van der Waals surface area contributed by atoms with E-state index < -0.39 is 0 Å². The Morgan fingerprint density at radius 3 is 2.72 bits per heavy atom. The van der Waals surface area contributed by atoms with Gasteiger partial charge in [-0.25, -0.2) is 0 Å². The van der Waals surface area contributed by atoms with Gasteiger partial charge < -0.3 is 5.32 Å². The van der Waals surface area contributed by atoms with Gasteiger partial charge in [0.05, 0.1) is 0 Å². The van der Waals surface area contributed by atoms with Crippen LogP contribution in [0, 0.1) is 13.8 Å². The van der Waals surface area contributed by atoms with E-state index in [2.05, 4.69) is 48.8 Å². The number of hydrogen-bond acceptors (Lipinski definition) is 2. The molecule has 2 heteroatoms. The lowest BCUT2D eigenvalue weighted by atomic mass is 10.1. The molecule has 1 aromatic heterocycles. The van der Waals surface area contributed by atoms with E-state index in [9.17, 15) is 0 Å². The predicted molar refractivity (Wildman–Crippen MR) is 79.1 cm³/mol. The van der Waals surface area contributed by atoms with Gasteiger partial charge in [-0.15, -0.1) is 11.3 Å². The molecule has 0 unspecified atom stereocenters. The summed E-state index contributed by atoms with van der Waals surface area (Å²) in [7, 11) is 0. The average molecular weight is 257 g/mol. The van der Waals surface area contributed by atoms with Crippen LogP contribution in [0.15, 0.2) is 29.6 Å². The predicted octanol–water partition coefficient (Wildman–Crippen LogP) is 4.28. The van der Waals surface area contributed by atoms with Crippen LogP contribution >= 0.6 is 11.3 Å². The Hall–Kier alpha value is -1.12. The van der Waals surface area contributed by atoms with Gasteiger partial charge in [-0.3, -0.25) is 0 Å². The lowest BCUT2D eigenvalue weighted by molar-refractivity contribution is 0.689. The first-order valence-corrected chi connectivity index (χ1v) is 7.49. The Labute approximate surface area is 113 Å². The molecule has 0 saturated heterocycles. The maximum atomic E-state index is 3.56. The molecule has 1 aromatic carbocycles. The van der Waals surface area contributed by atoms with Crippen LogP contribution in [0.25, 0.3) is 10.4 Å². The van der Waals surface area contributed by atoms with E-state index in [0.717, 1.165) is 12.6 Å². The minimum atomic E-state index is 0.787. The Balaban J connectivity index is 1.76. The highest BCUT2D eigenvalue weighted by Crippen LogP contribution is 2.29. The van der Waals surface area contributed by atoms with Gasteiger partial charge in [0.15, 0.2) is 0 Å². The smallest absolute Gasteiger partial charge is 0.0346 e. The third-order valence-corrected chi connectivity index (χ3v) is 4.65. The third kappa shape index (κ3) is 2.65. The lowest BCUT2D eigenvalue weighted by Crippen LogP contribution is -2.14. The van der Waals surface area contributed by atoms with E-state index >= 15 is 0 Å². The van der Waals surface area contributed by atoms with Gasteiger partial charge in [0.2, 0.25) is 0 Å². The second-order valence-electron chi connectivity index (χ2n) is 5.27. The van der Waals surface area contributed by atoms with E-state index in [1.807, 2.05) is 11.3 Å².